The van der Waals surface area contributed by atoms with Crippen LogP contribution in [0.3, 0.4) is 0 Å². The Balaban J connectivity index is 2.17. The molecule has 0 amide bonds. The molecule has 24 heavy (non-hydrogen) atoms. The van der Waals surface area contributed by atoms with Gasteiger partial charge in [0.05, 0.1) is 15.6 Å². The molecule has 0 aliphatic rings. The van der Waals surface area contributed by atoms with E-state index < -0.39 is 0 Å². The molecule has 1 atom stereocenters. The maximum absolute atomic E-state index is 6.16. The summed E-state index contributed by atoms with van der Waals surface area (Å²) in [4.78, 5) is 2.02. The lowest BCUT2D eigenvalue weighted by Crippen LogP contribution is -2.08. The quantitative estimate of drug-likeness (QED) is 0.436. The largest absolute Gasteiger partial charge is 0.398 e. The molecule has 0 saturated carbocycles. The third-order valence-electron chi connectivity index (χ3n) is 3.82. The number of rotatable bonds is 8. The van der Waals surface area contributed by atoms with E-state index >= 15 is 0 Å². The topological polar surface area (TPSA) is 50.5 Å². The molecule has 2 rings (SSSR count). The molecular weight excluding hydrogens is 317 g/mol. The minimum atomic E-state index is 0.305. The summed E-state index contributed by atoms with van der Waals surface area (Å²) >= 11 is 0. The van der Waals surface area contributed by atoms with Crippen molar-refractivity contribution in [2.45, 2.75) is 13.0 Å². The highest BCUT2D eigenvalue weighted by molar-refractivity contribution is 7.29. The van der Waals surface area contributed by atoms with Crippen LogP contribution in [-0.2, 0) is 17.6 Å². The van der Waals surface area contributed by atoms with Crippen molar-refractivity contribution in [1.29, 1.82) is 0 Å². The number of hydrogen-bond acceptors (Lipinski definition) is 4. The normalized spacial score (nSPS) is 11.1. The van der Waals surface area contributed by atoms with Gasteiger partial charge in [0.25, 0.3) is 0 Å². The summed E-state index contributed by atoms with van der Waals surface area (Å²) in [5.74, 6) is 0. The summed E-state index contributed by atoms with van der Waals surface area (Å²) < 4.78 is 5.55. The third kappa shape index (κ3) is 5.07. The number of hydrogen-bond donors (Lipinski definition) is 2. The first-order valence-corrected chi connectivity index (χ1v) is 8.78. The van der Waals surface area contributed by atoms with Crippen molar-refractivity contribution in [3.63, 3.8) is 0 Å². The van der Waals surface area contributed by atoms with Crippen molar-refractivity contribution in [3.05, 3.63) is 71.3 Å². The van der Waals surface area contributed by atoms with Crippen molar-refractivity contribution >= 4 is 20.3 Å². The summed E-state index contributed by atoms with van der Waals surface area (Å²) in [6.45, 7) is 4.71. The van der Waals surface area contributed by atoms with Gasteiger partial charge in [-0.15, -0.1) is 0 Å². The molecule has 0 saturated heterocycles. The highest BCUT2D eigenvalue weighted by atomic mass is 31.1. The highest BCUT2D eigenvalue weighted by Gasteiger charge is 2.06. The predicted octanol–water partition coefficient (Wildman–Crippen LogP) is 3.64. The fourth-order valence-corrected chi connectivity index (χ4v) is 2.82. The van der Waals surface area contributed by atoms with E-state index in [-0.39, 0.29) is 0 Å². The molecule has 4 nitrogen and oxygen atoms in total. The van der Waals surface area contributed by atoms with Gasteiger partial charge in [-0.3, -0.25) is 5.09 Å². The minimum absolute atomic E-state index is 0.305. The summed E-state index contributed by atoms with van der Waals surface area (Å²) in [5.41, 5.74) is 12.6. The number of nitrogens with two attached hydrogens (primary N) is 1. The molecule has 1 unspecified atom stereocenters. The van der Waals surface area contributed by atoms with Gasteiger partial charge in [0.2, 0.25) is 0 Å². The van der Waals surface area contributed by atoms with Crippen LogP contribution in [0.4, 0.5) is 5.69 Å². The van der Waals surface area contributed by atoms with Crippen LogP contribution >= 0.6 is 8.96 Å². The second kappa shape index (κ2) is 8.84. The van der Waals surface area contributed by atoms with Gasteiger partial charge in [-0.25, -0.2) is 0 Å². The second-order valence-corrected chi connectivity index (χ2v) is 6.88. The smallest absolute Gasteiger partial charge is 0.0863 e. The maximum Gasteiger partial charge on any atom is 0.0863 e. The van der Waals surface area contributed by atoms with Crippen molar-refractivity contribution in [2.24, 2.45) is 0 Å². The van der Waals surface area contributed by atoms with Crippen LogP contribution in [0.5, 0.6) is 0 Å². The number of nitrogen functional groups attached to an aromatic ring is 1. The Bertz CT molecular complexity index is 701. The summed E-state index contributed by atoms with van der Waals surface area (Å²) in [6.07, 6.45) is 0.794. The zero-order chi connectivity index (χ0) is 17.5. The molecule has 0 fully saturated rings. The average Bonchev–Trinajstić information content (AvgIpc) is 2.57. The molecule has 3 N–H and O–H groups in total. The zero-order valence-electron chi connectivity index (χ0n) is 14.6. The summed E-state index contributed by atoms with van der Waals surface area (Å²) in [5, 5.41) is 3.00. The van der Waals surface area contributed by atoms with Gasteiger partial charge in [-0.2, -0.15) is 0 Å². The number of nitrogens with one attached hydrogen (secondary N) is 1. The van der Waals surface area contributed by atoms with Gasteiger partial charge in [-0.1, -0.05) is 36.9 Å². The van der Waals surface area contributed by atoms with E-state index in [1.165, 1.54) is 5.56 Å². The van der Waals surface area contributed by atoms with Crippen molar-refractivity contribution in [2.75, 3.05) is 26.9 Å². The fourth-order valence-electron chi connectivity index (χ4n) is 2.43. The second-order valence-electron chi connectivity index (χ2n) is 5.89. The number of anilines is 1. The molecule has 0 heterocycles. The first-order valence-electron chi connectivity index (χ1n) is 7.87. The van der Waals surface area contributed by atoms with Crippen LogP contribution < -0.4 is 10.8 Å². The molecule has 0 radical (unpaired) electrons. The van der Waals surface area contributed by atoms with Gasteiger partial charge in [-0.05, 0) is 47.9 Å². The lowest BCUT2D eigenvalue weighted by Gasteiger charge is -2.17. The van der Waals surface area contributed by atoms with E-state index in [9.17, 15) is 0 Å². The average molecular weight is 343 g/mol. The standard InChI is InChI=1S/C19H26N3OP/c1-14(22(3)4)17-7-5-6-15(10-17)11-18-12-16(8-9-19(18)20)13-23-24-21-2/h5-10,12,21,24H,1,11,13,20H2,2-4H3. The van der Waals surface area contributed by atoms with Crippen LogP contribution in [0.1, 0.15) is 22.3 Å². The Morgan fingerprint density at radius 2 is 2.00 bits per heavy atom. The molecule has 0 aliphatic heterocycles. The molecule has 0 aromatic heterocycles. The van der Waals surface area contributed by atoms with E-state index in [1.54, 1.807) is 0 Å². The van der Waals surface area contributed by atoms with E-state index in [4.69, 9.17) is 10.3 Å². The summed E-state index contributed by atoms with van der Waals surface area (Å²) in [6, 6.07) is 14.5. The molecule has 5 heteroatoms. The van der Waals surface area contributed by atoms with Crippen LogP contribution in [-0.4, -0.2) is 26.0 Å². The molecule has 2 aromatic carbocycles. The Labute approximate surface area is 146 Å². The molecule has 128 valence electrons. The summed E-state index contributed by atoms with van der Waals surface area (Å²) in [7, 11) is 6.19. The molecule has 2 aromatic rings. The predicted molar refractivity (Wildman–Crippen MR) is 105 cm³/mol. The van der Waals surface area contributed by atoms with E-state index in [0.29, 0.717) is 15.6 Å². The minimum Gasteiger partial charge on any atom is -0.398 e. The van der Waals surface area contributed by atoms with Crippen LogP contribution in [0.25, 0.3) is 5.70 Å². The number of benzene rings is 2. The van der Waals surface area contributed by atoms with E-state index in [2.05, 4.69) is 42.0 Å². The van der Waals surface area contributed by atoms with Gasteiger partial charge in [0.15, 0.2) is 0 Å². The van der Waals surface area contributed by atoms with Gasteiger partial charge >= 0.3 is 0 Å². The highest BCUT2D eigenvalue weighted by Crippen LogP contribution is 2.22. The Morgan fingerprint density at radius 3 is 2.71 bits per heavy atom. The van der Waals surface area contributed by atoms with Crippen LogP contribution in [0.15, 0.2) is 49.0 Å². The Hall–Kier alpha value is -1.87. The fraction of sp³-hybridized carbons (Fsp3) is 0.263. The lowest BCUT2D eigenvalue weighted by molar-refractivity contribution is 0.348. The van der Waals surface area contributed by atoms with E-state index in [0.717, 1.165) is 34.5 Å². The van der Waals surface area contributed by atoms with Gasteiger partial charge < -0.3 is 15.2 Å². The third-order valence-corrected chi connectivity index (χ3v) is 4.31. The molecule has 0 aliphatic carbocycles. The molecular formula is C19H26N3OP. The molecule has 0 spiro atoms. The van der Waals surface area contributed by atoms with Gasteiger partial charge in [0.1, 0.15) is 0 Å². The maximum atomic E-state index is 6.16. The first-order chi connectivity index (χ1) is 11.5. The van der Waals surface area contributed by atoms with Crippen molar-refractivity contribution in [1.82, 2.24) is 9.99 Å². The van der Waals surface area contributed by atoms with Crippen LogP contribution in [0.2, 0.25) is 0 Å². The monoisotopic (exact) mass is 343 g/mol. The Morgan fingerprint density at radius 1 is 1.21 bits per heavy atom. The molecule has 0 bridgehead atoms. The lowest BCUT2D eigenvalue weighted by atomic mass is 9.99. The number of nitrogens with zero attached hydrogens (tertiary/aromatic N) is 1. The van der Waals surface area contributed by atoms with E-state index in [1.807, 2.05) is 38.2 Å². The van der Waals surface area contributed by atoms with Crippen molar-refractivity contribution in [3.8, 4) is 0 Å². The Kier molecular flexibility index (Phi) is 6.80. The van der Waals surface area contributed by atoms with Crippen molar-refractivity contribution < 1.29 is 4.52 Å². The zero-order valence-corrected chi connectivity index (χ0v) is 15.6. The van der Waals surface area contributed by atoms with Crippen LogP contribution in [0, 0.1) is 0 Å². The van der Waals surface area contributed by atoms with Gasteiger partial charge in [0, 0.05) is 25.5 Å². The SMILES string of the molecule is C=C(c1cccc(Cc2cc(COPNC)ccc2N)c1)N(C)C. The first kappa shape index (κ1) is 18.5.